The van der Waals surface area contributed by atoms with Crippen molar-refractivity contribution in [3.63, 3.8) is 0 Å². The molecule has 0 saturated carbocycles. The Morgan fingerprint density at radius 1 is 1.19 bits per heavy atom. The Labute approximate surface area is 160 Å². The standard InChI is InChI=1S/C18H17ClN2O4S/c19-16-4-2-1-3-14(16)11-26-12-17(22)21-20-9-13-5-7-15(8-6-13)25-10-18(23)24/h1-9H,10-12H2,(H,21,22)(H,23,24)/p-1/b20-9-. The number of thioether (sulfide) groups is 1. The van der Waals surface area contributed by atoms with Crippen LogP contribution in [0.5, 0.6) is 5.75 Å². The molecule has 0 radical (unpaired) electrons. The smallest absolute Gasteiger partial charge is 0.250 e. The molecule has 8 heteroatoms. The van der Waals surface area contributed by atoms with Crippen LogP contribution in [0.25, 0.3) is 0 Å². The number of hydrogen-bond acceptors (Lipinski definition) is 6. The molecule has 0 aliphatic rings. The van der Waals surface area contributed by atoms with E-state index in [1.165, 1.54) is 18.0 Å². The molecule has 6 nitrogen and oxygen atoms in total. The summed E-state index contributed by atoms with van der Waals surface area (Å²) in [4.78, 5) is 22.1. The van der Waals surface area contributed by atoms with E-state index >= 15 is 0 Å². The van der Waals surface area contributed by atoms with Crippen molar-refractivity contribution in [2.24, 2.45) is 5.10 Å². The fourth-order valence-electron chi connectivity index (χ4n) is 1.87. The molecule has 0 unspecified atom stereocenters. The summed E-state index contributed by atoms with van der Waals surface area (Å²) in [6.07, 6.45) is 1.49. The molecule has 0 heterocycles. The number of rotatable bonds is 9. The lowest BCUT2D eigenvalue weighted by atomic mass is 10.2. The summed E-state index contributed by atoms with van der Waals surface area (Å²) < 4.78 is 4.97. The zero-order valence-electron chi connectivity index (χ0n) is 13.7. The van der Waals surface area contributed by atoms with Crippen LogP contribution in [0.15, 0.2) is 53.6 Å². The minimum atomic E-state index is -1.29. The van der Waals surface area contributed by atoms with Crippen LogP contribution in [-0.2, 0) is 15.3 Å². The van der Waals surface area contributed by atoms with Gasteiger partial charge in [0.1, 0.15) is 12.4 Å². The van der Waals surface area contributed by atoms with E-state index in [0.717, 1.165) is 11.1 Å². The average Bonchev–Trinajstić information content (AvgIpc) is 2.62. The predicted octanol–water partition coefficient (Wildman–Crippen LogP) is 1.85. The highest BCUT2D eigenvalue weighted by molar-refractivity contribution is 7.99. The fraction of sp³-hybridized carbons (Fsp3) is 0.167. The van der Waals surface area contributed by atoms with Gasteiger partial charge >= 0.3 is 0 Å². The van der Waals surface area contributed by atoms with E-state index in [-0.39, 0.29) is 11.7 Å². The molecule has 0 saturated heterocycles. The monoisotopic (exact) mass is 391 g/mol. The Morgan fingerprint density at radius 3 is 2.62 bits per heavy atom. The average molecular weight is 392 g/mol. The van der Waals surface area contributed by atoms with Crippen molar-refractivity contribution >= 4 is 41.5 Å². The predicted molar refractivity (Wildman–Crippen MR) is 100 cm³/mol. The molecule has 1 amide bonds. The molecule has 2 rings (SSSR count). The Balaban J connectivity index is 1.71. The van der Waals surface area contributed by atoms with Crippen LogP contribution in [-0.4, -0.2) is 30.5 Å². The van der Waals surface area contributed by atoms with Gasteiger partial charge in [-0.05, 0) is 41.5 Å². The van der Waals surface area contributed by atoms with Gasteiger partial charge in [0.05, 0.1) is 17.9 Å². The van der Waals surface area contributed by atoms with Crippen LogP contribution in [0.4, 0.5) is 0 Å². The maximum absolute atomic E-state index is 11.8. The second-order valence-corrected chi connectivity index (χ2v) is 6.50. The highest BCUT2D eigenvalue weighted by Crippen LogP contribution is 2.20. The van der Waals surface area contributed by atoms with Crippen molar-refractivity contribution in [3.05, 3.63) is 64.7 Å². The number of ether oxygens (including phenoxy) is 1. The van der Waals surface area contributed by atoms with Gasteiger partial charge in [-0.1, -0.05) is 29.8 Å². The summed E-state index contributed by atoms with van der Waals surface area (Å²) in [5.41, 5.74) is 4.16. The van der Waals surface area contributed by atoms with Gasteiger partial charge in [-0.15, -0.1) is 11.8 Å². The number of benzene rings is 2. The molecule has 26 heavy (non-hydrogen) atoms. The lowest BCUT2D eigenvalue weighted by Crippen LogP contribution is -2.28. The van der Waals surface area contributed by atoms with Crippen LogP contribution in [0, 0.1) is 0 Å². The fourth-order valence-corrected chi connectivity index (χ4v) is 2.98. The summed E-state index contributed by atoms with van der Waals surface area (Å²) in [6.45, 7) is -0.505. The number of halogens is 1. The Morgan fingerprint density at radius 2 is 1.92 bits per heavy atom. The van der Waals surface area contributed by atoms with Crippen LogP contribution >= 0.6 is 23.4 Å². The molecular formula is C18H16ClN2O4S-. The highest BCUT2D eigenvalue weighted by atomic mass is 35.5. The van der Waals surface area contributed by atoms with E-state index in [4.69, 9.17) is 16.3 Å². The molecule has 2 aromatic carbocycles. The van der Waals surface area contributed by atoms with Gasteiger partial charge in [-0.25, -0.2) is 5.43 Å². The molecule has 0 aliphatic heterocycles. The molecule has 136 valence electrons. The highest BCUT2D eigenvalue weighted by Gasteiger charge is 2.03. The summed E-state index contributed by atoms with van der Waals surface area (Å²) in [6, 6.07) is 14.1. The number of aliphatic carboxylic acids is 1. The molecule has 0 atom stereocenters. The second-order valence-electron chi connectivity index (χ2n) is 5.11. The molecular weight excluding hydrogens is 376 g/mol. The van der Waals surface area contributed by atoms with Crippen LogP contribution in [0.3, 0.4) is 0 Å². The maximum Gasteiger partial charge on any atom is 0.250 e. The minimum Gasteiger partial charge on any atom is -0.546 e. The molecule has 1 N–H and O–H groups in total. The molecule has 0 fully saturated rings. The first kappa shape index (κ1) is 19.8. The molecule has 0 aromatic heterocycles. The third kappa shape index (κ3) is 7.16. The quantitative estimate of drug-likeness (QED) is 0.520. The second kappa shape index (κ2) is 10.5. The van der Waals surface area contributed by atoms with E-state index in [1.807, 2.05) is 24.3 Å². The minimum absolute atomic E-state index is 0.216. The first-order chi connectivity index (χ1) is 12.5. The number of hydrazone groups is 1. The number of carboxylic acid groups (broad SMARTS) is 1. The number of nitrogens with zero attached hydrogens (tertiary/aromatic N) is 1. The van der Waals surface area contributed by atoms with Crippen LogP contribution < -0.4 is 15.3 Å². The summed E-state index contributed by atoms with van der Waals surface area (Å²) in [7, 11) is 0. The van der Waals surface area contributed by atoms with Crippen molar-refractivity contribution < 1.29 is 19.4 Å². The van der Waals surface area contributed by atoms with Gasteiger partial charge in [-0.3, -0.25) is 4.79 Å². The lowest BCUT2D eigenvalue weighted by molar-refractivity contribution is -0.307. The molecule has 2 aromatic rings. The van der Waals surface area contributed by atoms with E-state index in [2.05, 4.69) is 10.5 Å². The zero-order valence-corrected chi connectivity index (χ0v) is 15.3. The number of carboxylic acids is 1. The van der Waals surface area contributed by atoms with E-state index in [0.29, 0.717) is 16.5 Å². The van der Waals surface area contributed by atoms with Crippen molar-refractivity contribution in [1.82, 2.24) is 5.43 Å². The van der Waals surface area contributed by atoms with Crippen molar-refractivity contribution in [3.8, 4) is 5.75 Å². The Bertz CT molecular complexity index is 781. The number of carbonyl (C=O) groups excluding carboxylic acids is 2. The largest absolute Gasteiger partial charge is 0.546 e. The van der Waals surface area contributed by atoms with E-state index in [9.17, 15) is 14.7 Å². The first-order valence-electron chi connectivity index (χ1n) is 7.60. The summed E-state index contributed by atoms with van der Waals surface area (Å²) in [5.74, 6) is -0.188. The zero-order chi connectivity index (χ0) is 18.8. The van der Waals surface area contributed by atoms with E-state index in [1.54, 1.807) is 24.3 Å². The normalized spacial score (nSPS) is 10.7. The van der Waals surface area contributed by atoms with Crippen molar-refractivity contribution in [2.45, 2.75) is 5.75 Å². The Hall–Kier alpha value is -2.51. The van der Waals surface area contributed by atoms with Gasteiger partial charge < -0.3 is 14.6 Å². The summed E-state index contributed by atoms with van der Waals surface area (Å²) >= 11 is 7.50. The molecule has 0 spiro atoms. The SMILES string of the molecule is O=C([O-])COc1ccc(/C=N\NC(=O)CSCc2ccccc2Cl)cc1. The number of hydrogen-bond donors (Lipinski definition) is 1. The molecule has 0 aliphatic carbocycles. The summed E-state index contributed by atoms with van der Waals surface area (Å²) in [5, 5.41) is 14.9. The van der Waals surface area contributed by atoms with Crippen LogP contribution in [0.2, 0.25) is 5.02 Å². The first-order valence-corrected chi connectivity index (χ1v) is 9.13. The van der Waals surface area contributed by atoms with Gasteiger partial charge in [0, 0.05) is 10.8 Å². The van der Waals surface area contributed by atoms with Crippen molar-refractivity contribution in [1.29, 1.82) is 0 Å². The third-order valence-corrected chi connectivity index (χ3v) is 4.44. The molecule has 0 bridgehead atoms. The topological polar surface area (TPSA) is 90.8 Å². The lowest BCUT2D eigenvalue weighted by Gasteiger charge is -2.06. The van der Waals surface area contributed by atoms with Gasteiger partial charge in [0.25, 0.3) is 0 Å². The van der Waals surface area contributed by atoms with Gasteiger partial charge in [-0.2, -0.15) is 5.10 Å². The van der Waals surface area contributed by atoms with Gasteiger partial charge in [0.2, 0.25) is 5.91 Å². The number of nitrogens with one attached hydrogen (secondary N) is 1. The third-order valence-electron chi connectivity index (χ3n) is 3.09. The Kier molecular flexibility index (Phi) is 7.98. The van der Waals surface area contributed by atoms with Gasteiger partial charge in [0.15, 0.2) is 0 Å². The number of carbonyl (C=O) groups is 2. The van der Waals surface area contributed by atoms with Crippen molar-refractivity contribution in [2.75, 3.05) is 12.4 Å². The van der Waals surface area contributed by atoms with E-state index < -0.39 is 12.6 Å². The van der Waals surface area contributed by atoms with Crippen LogP contribution in [0.1, 0.15) is 11.1 Å². The number of amides is 1. The maximum atomic E-state index is 11.8.